The molecule has 114 valence electrons. The number of nitrogens with zero attached hydrogens (tertiary/aromatic N) is 3. The van der Waals surface area contributed by atoms with Crippen molar-refractivity contribution in [3.63, 3.8) is 0 Å². The first-order chi connectivity index (χ1) is 9.36. The zero-order valence-corrected chi connectivity index (χ0v) is 13.2. The van der Waals surface area contributed by atoms with Crippen molar-refractivity contribution < 1.29 is 8.42 Å². The van der Waals surface area contributed by atoms with Crippen LogP contribution < -0.4 is 5.32 Å². The molecule has 1 aromatic heterocycles. The first-order valence-electron chi connectivity index (χ1n) is 7.19. The third kappa shape index (κ3) is 4.02. The molecule has 0 aliphatic heterocycles. The van der Waals surface area contributed by atoms with E-state index in [2.05, 4.69) is 29.5 Å². The monoisotopic (exact) mass is 300 g/mol. The van der Waals surface area contributed by atoms with Gasteiger partial charge in [0.05, 0.1) is 23.2 Å². The summed E-state index contributed by atoms with van der Waals surface area (Å²) >= 11 is 0. The molecule has 1 heterocycles. The molecule has 2 rings (SSSR count). The van der Waals surface area contributed by atoms with Crippen molar-refractivity contribution in [2.45, 2.75) is 63.4 Å². The molecule has 1 saturated carbocycles. The fraction of sp³-hybridized carbons (Fsp3) is 0.846. The van der Waals surface area contributed by atoms with Crippen LogP contribution in [0, 0.1) is 0 Å². The minimum atomic E-state index is -2.96. The Morgan fingerprint density at radius 2 is 2.20 bits per heavy atom. The average molecular weight is 300 g/mol. The maximum atomic E-state index is 11.7. The van der Waals surface area contributed by atoms with E-state index >= 15 is 0 Å². The van der Waals surface area contributed by atoms with E-state index in [-0.39, 0.29) is 11.3 Å². The highest BCUT2D eigenvalue weighted by atomic mass is 32.2. The van der Waals surface area contributed by atoms with Crippen molar-refractivity contribution in [1.29, 1.82) is 0 Å². The van der Waals surface area contributed by atoms with Gasteiger partial charge >= 0.3 is 0 Å². The van der Waals surface area contributed by atoms with E-state index in [0.717, 1.165) is 25.0 Å². The Kier molecular flexibility index (Phi) is 4.80. The predicted octanol–water partition coefficient (Wildman–Crippen LogP) is 1.30. The number of rotatable bonds is 5. The largest absolute Gasteiger partial charge is 0.309 e. The van der Waals surface area contributed by atoms with Crippen molar-refractivity contribution in [3.8, 4) is 0 Å². The van der Waals surface area contributed by atoms with Crippen molar-refractivity contribution in [2.24, 2.45) is 0 Å². The summed E-state index contributed by atoms with van der Waals surface area (Å²) in [6.45, 7) is 4.87. The van der Waals surface area contributed by atoms with E-state index in [4.69, 9.17) is 0 Å². The second kappa shape index (κ2) is 6.22. The summed E-state index contributed by atoms with van der Waals surface area (Å²) in [6, 6.07) is 0.563. The Bertz CT molecular complexity index is 538. The molecule has 0 aromatic carbocycles. The van der Waals surface area contributed by atoms with Gasteiger partial charge in [-0.25, -0.2) is 13.1 Å². The van der Waals surface area contributed by atoms with Gasteiger partial charge in [0.2, 0.25) is 0 Å². The average Bonchev–Trinajstić information content (AvgIpc) is 2.84. The van der Waals surface area contributed by atoms with E-state index in [1.807, 2.05) is 10.9 Å². The van der Waals surface area contributed by atoms with Crippen molar-refractivity contribution in [1.82, 2.24) is 20.3 Å². The summed E-state index contributed by atoms with van der Waals surface area (Å²) in [6.07, 6.45) is 6.60. The van der Waals surface area contributed by atoms with Crippen LogP contribution >= 0.6 is 0 Å². The highest BCUT2D eigenvalue weighted by Gasteiger charge is 2.30. The molecule has 20 heavy (non-hydrogen) atoms. The van der Waals surface area contributed by atoms with E-state index in [9.17, 15) is 8.42 Å². The maximum absolute atomic E-state index is 11.7. The van der Waals surface area contributed by atoms with E-state index < -0.39 is 9.84 Å². The van der Waals surface area contributed by atoms with Crippen molar-refractivity contribution >= 4 is 9.84 Å². The Morgan fingerprint density at radius 1 is 1.45 bits per heavy atom. The summed E-state index contributed by atoms with van der Waals surface area (Å²) in [4.78, 5) is 0. The molecule has 1 N–H and O–H groups in total. The topological polar surface area (TPSA) is 76.9 Å². The second-order valence-electron chi connectivity index (χ2n) is 6.00. The fourth-order valence-electron chi connectivity index (χ4n) is 2.63. The molecule has 1 aromatic rings. The Balaban J connectivity index is 2.01. The zero-order chi connectivity index (χ0) is 14.8. The molecular weight excluding hydrogens is 276 g/mol. The molecule has 6 nitrogen and oxygen atoms in total. The lowest BCUT2D eigenvalue weighted by molar-refractivity contribution is 0.324. The van der Waals surface area contributed by atoms with Crippen LogP contribution in [-0.2, 0) is 16.4 Å². The first-order valence-corrected chi connectivity index (χ1v) is 9.14. The molecule has 0 amide bonds. The highest BCUT2D eigenvalue weighted by molar-refractivity contribution is 7.91. The lowest BCUT2D eigenvalue weighted by Crippen LogP contribution is -2.29. The Morgan fingerprint density at radius 3 is 2.85 bits per heavy atom. The zero-order valence-electron chi connectivity index (χ0n) is 12.4. The van der Waals surface area contributed by atoms with Crippen LogP contribution in [0.5, 0.6) is 0 Å². The van der Waals surface area contributed by atoms with Gasteiger partial charge in [-0.05, 0) is 19.3 Å². The number of sulfone groups is 1. The van der Waals surface area contributed by atoms with Gasteiger partial charge in [0.15, 0.2) is 0 Å². The minimum Gasteiger partial charge on any atom is -0.309 e. The molecule has 2 unspecified atom stereocenters. The summed E-state index contributed by atoms with van der Waals surface area (Å²) in [5.41, 5.74) is 0.903. The van der Waals surface area contributed by atoms with Gasteiger partial charge in [-0.3, -0.25) is 0 Å². The van der Waals surface area contributed by atoms with Gasteiger partial charge in [0.25, 0.3) is 0 Å². The summed E-state index contributed by atoms with van der Waals surface area (Å²) < 4.78 is 25.2. The molecule has 1 aliphatic rings. The summed E-state index contributed by atoms with van der Waals surface area (Å²) in [5.74, 6) is 0. The molecular formula is C13H24N4O2S. The number of aromatic nitrogens is 3. The Hall–Kier alpha value is -0.950. The number of hydrogen-bond acceptors (Lipinski definition) is 5. The van der Waals surface area contributed by atoms with E-state index in [1.54, 1.807) is 0 Å². The SMILES string of the molecule is CC(C)NCc1cn(C2CCCC(S(C)(=O)=O)C2)nn1. The molecule has 2 atom stereocenters. The summed E-state index contributed by atoms with van der Waals surface area (Å²) in [5, 5.41) is 11.4. The molecule has 0 saturated heterocycles. The summed E-state index contributed by atoms with van der Waals surface area (Å²) in [7, 11) is -2.96. The predicted molar refractivity (Wildman–Crippen MR) is 78.1 cm³/mol. The third-order valence-corrected chi connectivity index (χ3v) is 5.47. The van der Waals surface area contributed by atoms with Crippen LogP contribution in [-0.4, -0.2) is 41.0 Å². The second-order valence-corrected chi connectivity index (χ2v) is 8.32. The van der Waals surface area contributed by atoms with Crippen molar-refractivity contribution in [3.05, 3.63) is 11.9 Å². The van der Waals surface area contributed by atoms with Crippen molar-refractivity contribution in [2.75, 3.05) is 6.26 Å². The lowest BCUT2D eigenvalue weighted by atomic mass is 9.95. The van der Waals surface area contributed by atoms with Crippen LogP contribution in [0.15, 0.2) is 6.20 Å². The maximum Gasteiger partial charge on any atom is 0.150 e. The van der Waals surface area contributed by atoms with Gasteiger partial charge in [-0.2, -0.15) is 0 Å². The molecule has 7 heteroatoms. The van der Waals surface area contributed by atoms with Crippen LogP contribution in [0.25, 0.3) is 0 Å². The van der Waals surface area contributed by atoms with Gasteiger partial charge in [0, 0.05) is 18.8 Å². The lowest BCUT2D eigenvalue weighted by Gasteiger charge is -2.27. The fourth-order valence-corrected chi connectivity index (χ4v) is 3.80. The van der Waals surface area contributed by atoms with Gasteiger partial charge in [0.1, 0.15) is 9.84 Å². The molecule has 1 fully saturated rings. The molecule has 1 aliphatic carbocycles. The molecule has 0 radical (unpaired) electrons. The van der Waals surface area contributed by atoms with E-state index in [1.165, 1.54) is 6.26 Å². The van der Waals surface area contributed by atoms with Gasteiger partial charge in [-0.15, -0.1) is 5.10 Å². The standard InChI is InChI=1S/C13H24N4O2S/c1-10(2)14-8-11-9-17(16-15-11)12-5-4-6-13(7-12)20(3,18)19/h9-10,12-14H,4-8H2,1-3H3. The normalized spacial score (nSPS) is 24.2. The van der Waals surface area contributed by atoms with Crippen LogP contribution in [0.3, 0.4) is 0 Å². The molecule has 0 bridgehead atoms. The van der Waals surface area contributed by atoms with Crippen LogP contribution in [0.1, 0.15) is 51.3 Å². The first kappa shape index (κ1) is 15.4. The quantitative estimate of drug-likeness (QED) is 0.887. The molecule has 0 spiro atoms. The van der Waals surface area contributed by atoms with Gasteiger partial charge < -0.3 is 5.32 Å². The number of hydrogen-bond donors (Lipinski definition) is 1. The number of nitrogens with one attached hydrogen (secondary N) is 1. The van der Waals surface area contributed by atoms with E-state index in [0.29, 0.717) is 19.0 Å². The minimum absolute atomic E-state index is 0.156. The smallest absolute Gasteiger partial charge is 0.150 e. The third-order valence-electron chi connectivity index (χ3n) is 3.83. The highest BCUT2D eigenvalue weighted by Crippen LogP contribution is 2.31. The Labute approximate surface area is 120 Å². The van der Waals surface area contributed by atoms with Crippen LogP contribution in [0.2, 0.25) is 0 Å². The van der Waals surface area contributed by atoms with Gasteiger partial charge in [-0.1, -0.05) is 25.5 Å². The van der Waals surface area contributed by atoms with Crippen LogP contribution in [0.4, 0.5) is 0 Å².